The first kappa shape index (κ1) is 21.9. The number of ether oxygens (including phenoxy) is 1. The molecule has 2 nitrogen and oxygen atoms in total. The predicted molar refractivity (Wildman–Crippen MR) is 107 cm³/mol. The first-order valence-corrected chi connectivity index (χ1v) is 11.2. The molecule has 3 unspecified atom stereocenters. The molecule has 0 saturated heterocycles. The Balaban J connectivity index is 3.11. The molecule has 0 aliphatic heterocycles. The Bertz CT molecular complexity index is 402. The van der Waals surface area contributed by atoms with Crippen LogP contribution in [0, 0.1) is 35.0 Å². The fraction of sp³-hybridized carbons (Fsp3) is 0.952. The molecule has 1 rings (SSSR count). The summed E-state index contributed by atoms with van der Waals surface area (Å²) in [6.07, 6.45) is 2.43. The maximum Gasteiger partial charge on any atom is 0.315 e. The molecule has 142 valence electrons. The van der Waals surface area contributed by atoms with Crippen molar-refractivity contribution < 1.29 is 9.53 Å². The number of hydrogen-bond acceptors (Lipinski definition) is 2. The molecule has 1 aliphatic rings. The minimum atomic E-state index is -0.357. The maximum absolute atomic E-state index is 12.8. The molecule has 0 N–H and O–H groups in total. The molecule has 0 aromatic heterocycles. The normalized spacial score (nSPS) is 29.7. The topological polar surface area (TPSA) is 26.3 Å². The second-order valence-electron chi connectivity index (χ2n) is 10.1. The standard InChI is InChI=1S/C21H41O2P/c1-13(2)16-11-15(20(5,6)7)12-17(14(3)4)18(16)23-19(22)21(8,9)24-10/h13-18,24H,11-12H2,1-10H3. The largest absolute Gasteiger partial charge is 0.461 e. The quantitative estimate of drug-likeness (QED) is 0.447. The zero-order chi connectivity index (χ0) is 18.9. The van der Waals surface area contributed by atoms with Crippen molar-refractivity contribution in [2.24, 2.45) is 35.0 Å². The van der Waals surface area contributed by atoms with Crippen LogP contribution in [-0.4, -0.2) is 23.9 Å². The molecule has 0 aromatic rings. The van der Waals surface area contributed by atoms with Gasteiger partial charge in [0.15, 0.2) is 0 Å². The molecule has 3 heteroatoms. The van der Waals surface area contributed by atoms with Crippen LogP contribution in [-0.2, 0) is 9.53 Å². The van der Waals surface area contributed by atoms with Crippen LogP contribution in [0.25, 0.3) is 0 Å². The molecular formula is C21H41O2P. The molecule has 3 atom stereocenters. The molecular weight excluding hydrogens is 315 g/mol. The van der Waals surface area contributed by atoms with Gasteiger partial charge in [0.25, 0.3) is 0 Å². The molecule has 24 heavy (non-hydrogen) atoms. The Morgan fingerprint density at radius 1 is 0.958 bits per heavy atom. The third kappa shape index (κ3) is 5.20. The van der Waals surface area contributed by atoms with Gasteiger partial charge in [0, 0.05) is 0 Å². The summed E-state index contributed by atoms with van der Waals surface area (Å²) in [6.45, 7) is 22.4. The van der Waals surface area contributed by atoms with Crippen molar-refractivity contribution >= 4 is 14.6 Å². The second-order valence-corrected chi connectivity index (χ2v) is 11.8. The molecule has 1 saturated carbocycles. The lowest BCUT2D eigenvalue weighted by Gasteiger charge is -2.49. The second kappa shape index (κ2) is 8.07. The van der Waals surface area contributed by atoms with E-state index >= 15 is 0 Å². The first-order valence-electron chi connectivity index (χ1n) is 9.71. The van der Waals surface area contributed by atoms with Crippen LogP contribution >= 0.6 is 8.58 Å². The smallest absolute Gasteiger partial charge is 0.315 e. The van der Waals surface area contributed by atoms with Crippen molar-refractivity contribution in [1.82, 2.24) is 0 Å². The van der Waals surface area contributed by atoms with Crippen LogP contribution in [0.2, 0.25) is 0 Å². The molecule has 0 spiro atoms. The summed E-state index contributed by atoms with van der Waals surface area (Å²) in [4.78, 5) is 12.8. The average molecular weight is 357 g/mol. The first-order chi connectivity index (χ1) is 10.8. The molecule has 0 radical (unpaired) electrons. The number of hydrogen-bond donors (Lipinski definition) is 0. The van der Waals surface area contributed by atoms with E-state index in [2.05, 4.69) is 55.1 Å². The van der Waals surface area contributed by atoms with Crippen molar-refractivity contribution in [1.29, 1.82) is 0 Å². The Morgan fingerprint density at radius 2 is 1.38 bits per heavy atom. The van der Waals surface area contributed by atoms with Crippen LogP contribution < -0.4 is 0 Å². The number of esters is 1. The highest BCUT2D eigenvalue weighted by Gasteiger charge is 2.46. The lowest BCUT2D eigenvalue weighted by atomic mass is 9.60. The van der Waals surface area contributed by atoms with Crippen molar-refractivity contribution in [2.75, 3.05) is 6.66 Å². The zero-order valence-corrected chi connectivity index (χ0v) is 18.7. The Morgan fingerprint density at radius 3 is 1.67 bits per heavy atom. The monoisotopic (exact) mass is 356 g/mol. The highest BCUT2D eigenvalue weighted by atomic mass is 31.1. The van der Waals surface area contributed by atoms with Gasteiger partial charge < -0.3 is 4.74 Å². The maximum atomic E-state index is 12.8. The number of carbonyl (C=O) groups excluding carboxylic acids is 1. The van der Waals surface area contributed by atoms with E-state index in [0.717, 1.165) is 0 Å². The Hall–Kier alpha value is -0.100. The van der Waals surface area contributed by atoms with E-state index < -0.39 is 0 Å². The zero-order valence-electron chi connectivity index (χ0n) is 17.7. The van der Waals surface area contributed by atoms with Gasteiger partial charge in [-0.05, 0) is 68.4 Å². The van der Waals surface area contributed by atoms with Crippen LogP contribution in [0.1, 0.15) is 75.2 Å². The average Bonchev–Trinajstić information content (AvgIpc) is 2.45. The number of carbonyl (C=O) groups is 1. The van der Waals surface area contributed by atoms with Crippen molar-refractivity contribution in [2.45, 2.75) is 86.4 Å². The summed E-state index contributed by atoms with van der Waals surface area (Å²) >= 11 is 0. The van der Waals surface area contributed by atoms with Gasteiger partial charge in [-0.1, -0.05) is 48.5 Å². The van der Waals surface area contributed by atoms with Gasteiger partial charge in [0.2, 0.25) is 0 Å². The molecule has 0 aromatic carbocycles. The van der Waals surface area contributed by atoms with Gasteiger partial charge in [-0.15, -0.1) is 8.58 Å². The van der Waals surface area contributed by atoms with E-state index in [0.29, 0.717) is 43.6 Å². The SMILES string of the molecule is CPC(C)(C)C(=O)OC1C(C(C)C)CC(C(C)(C)C)CC1C(C)C. The highest BCUT2D eigenvalue weighted by Crippen LogP contribution is 2.48. The fourth-order valence-electron chi connectivity index (χ4n) is 3.90. The van der Waals surface area contributed by atoms with E-state index in [1.54, 1.807) is 0 Å². The van der Waals surface area contributed by atoms with Gasteiger partial charge >= 0.3 is 5.97 Å². The van der Waals surface area contributed by atoms with Crippen LogP contribution in [0.3, 0.4) is 0 Å². The van der Waals surface area contributed by atoms with Crippen molar-refractivity contribution in [3.05, 3.63) is 0 Å². The molecule has 0 bridgehead atoms. The fourth-order valence-corrected chi connectivity index (χ4v) is 4.16. The molecule has 0 amide bonds. The van der Waals surface area contributed by atoms with E-state index in [1.807, 2.05) is 13.8 Å². The third-order valence-corrected chi connectivity index (χ3v) is 7.73. The summed E-state index contributed by atoms with van der Waals surface area (Å²) < 4.78 is 6.22. The number of rotatable bonds is 5. The summed E-state index contributed by atoms with van der Waals surface area (Å²) in [5.41, 5.74) is 0.319. The predicted octanol–water partition coefficient (Wildman–Crippen LogP) is 5.99. The van der Waals surface area contributed by atoms with Crippen LogP contribution in [0.15, 0.2) is 0 Å². The van der Waals surface area contributed by atoms with Crippen LogP contribution in [0.5, 0.6) is 0 Å². The Kier molecular flexibility index (Phi) is 7.37. The minimum absolute atomic E-state index is 0.00107. The van der Waals surface area contributed by atoms with Crippen LogP contribution in [0.4, 0.5) is 0 Å². The van der Waals surface area contributed by atoms with E-state index in [9.17, 15) is 4.79 Å². The summed E-state index contributed by atoms with van der Waals surface area (Å²) in [6, 6.07) is 0. The summed E-state index contributed by atoms with van der Waals surface area (Å²) in [5.74, 6) is 2.72. The van der Waals surface area contributed by atoms with Gasteiger partial charge in [0.1, 0.15) is 6.10 Å². The van der Waals surface area contributed by atoms with Crippen molar-refractivity contribution in [3.63, 3.8) is 0 Å². The van der Waals surface area contributed by atoms with Gasteiger partial charge in [-0.3, -0.25) is 4.79 Å². The lowest BCUT2D eigenvalue weighted by molar-refractivity contribution is -0.166. The lowest BCUT2D eigenvalue weighted by Crippen LogP contribution is -2.48. The van der Waals surface area contributed by atoms with Gasteiger partial charge in [-0.2, -0.15) is 0 Å². The van der Waals surface area contributed by atoms with E-state index in [-0.39, 0.29) is 17.2 Å². The summed E-state index contributed by atoms with van der Waals surface area (Å²) in [5, 5.41) is -0.357. The molecule has 1 fully saturated rings. The van der Waals surface area contributed by atoms with Gasteiger partial charge in [-0.25, -0.2) is 0 Å². The molecule has 0 heterocycles. The minimum Gasteiger partial charge on any atom is -0.461 e. The molecule has 1 aliphatic carbocycles. The Labute approximate surface area is 152 Å². The van der Waals surface area contributed by atoms with Crippen molar-refractivity contribution in [3.8, 4) is 0 Å². The third-order valence-electron chi connectivity index (χ3n) is 6.27. The van der Waals surface area contributed by atoms with E-state index in [1.165, 1.54) is 12.8 Å². The summed E-state index contributed by atoms with van der Waals surface area (Å²) in [7, 11) is 0.571. The van der Waals surface area contributed by atoms with Gasteiger partial charge in [0.05, 0.1) is 5.16 Å². The van der Waals surface area contributed by atoms with E-state index in [4.69, 9.17) is 4.74 Å². The highest BCUT2D eigenvalue weighted by molar-refractivity contribution is 7.40.